The molecule has 2 aromatic heterocycles. The fourth-order valence-corrected chi connectivity index (χ4v) is 6.22. The van der Waals surface area contributed by atoms with Crippen LogP contribution in [-0.2, 0) is 11.3 Å². The van der Waals surface area contributed by atoms with Gasteiger partial charge in [0.05, 0.1) is 24.8 Å². The number of para-hydroxylation sites is 1. The van der Waals surface area contributed by atoms with Gasteiger partial charge in [-0.15, -0.1) is 0 Å². The summed E-state index contributed by atoms with van der Waals surface area (Å²) in [5.74, 6) is 1.25. The zero-order valence-electron chi connectivity index (χ0n) is 22.8. The molecule has 0 spiro atoms. The van der Waals surface area contributed by atoms with E-state index in [2.05, 4.69) is 32.8 Å². The minimum absolute atomic E-state index is 0.0691. The Labute approximate surface area is 223 Å². The highest BCUT2D eigenvalue weighted by Gasteiger charge is 2.34. The molecule has 1 aromatic carbocycles. The number of nitrogens with zero attached hydrogens (tertiary/aromatic N) is 2. The highest BCUT2D eigenvalue weighted by Crippen LogP contribution is 2.37. The quantitative estimate of drug-likeness (QED) is 0.482. The van der Waals surface area contributed by atoms with Gasteiger partial charge in [0.2, 0.25) is 5.91 Å². The Morgan fingerprint density at radius 1 is 1.13 bits per heavy atom. The van der Waals surface area contributed by atoms with Gasteiger partial charge in [0, 0.05) is 47.3 Å². The number of methoxy groups -OCH3 is 1. The van der Waals surface area contributed by atoms with Crippen LogP contribution in [0.1, 0.15) is 72.4 Å². The summed E-state index contributed by atoms with van der Waals surface area (Å²) in [6.07, 6.45) is 5.18. The van der Waals surface area contributed by atoms with Gasteiger partial charge < -0.3 is 24.5 Å². The van der Waals surface area contributed by atoms with E-state index in [1.807, 2.05) is 25.1 Å². The Morgan fingerprint density at radius 3 is 2.50 bits per heavy atom. The van der Waals surface area contributed by atoms with E-state index in [0.29, 0.717) is 34.4 Å². The van der Waals surface area contributed by atoms with E-state index in [1.54, 1.807) is 13.0 Å². The summed E-state index contributed by atoms with van der Waals surface area (Å²) < 4.78 is 7.68. The van der Waals surface area contributed by atoms with Gasteiger partial charge in [0.15, 0.2) is 0 Å². The summed E-state index contributed by atoms with van der Waals surface area (Å²) in [4.78, 5) is 43.6. The first-order valence-electron chi connectivity index (χ1n) is 13.7. The van der Waals surface area contributed by atoms with Crippen molar-refractivity contribution in [1.29, 1.82) is 0 Å². The van der Waals surface area contributed by atoms with Gasteiger partial charge in [-0.1, -0.05) is 24.6 Å². The second-order valence-corrected chi connectivity index (χ2v) is 10.9. The number of carbonyl (C=O) groups is 2. The number of piperidine rings is 1. The lowest BCUT2D eigenvalue weighted by Crippen LogP contribution is -2.44. The Hall–Kier alpha value is -3.55. The summed E-state index contributed by atoms with van der Waals surface area (Å²) in [6, 6.07) is 9.95. The normalized spacial score (nSPS) is 17.3. The second-order valence-electron chi connectivity index (χ2n) is 10.9. The number of ether oxygens (including phenoxy) is 1. The first kappa shape index (κ1) is 26.1. The first-order chi connectivity index (χ1) is 18.3. The Balaban J connectivity index is 1.36. The molecule has 8 nitrogen and oxygen atoms in total. The highest BCUT2D eigenvalue weighted by molar-refractivity contribution is 6.08. The van der Waals surface area contributed by atoms with Crippen LogP contribution in [0.5, 0.6) is 5.75 Å². The lowest BCUT2D eigenvalue weighted by Gasteiger charge is -2.39. The maximum atomic E-state index is 13.5. The fourth-order valence-electron chi connectivity index (χ4n) is 6.22. The summed E-state index contributed by atoms with van der Waals surface area (Å²) in [7, 11) is 1.52. The molecule has 0 radical (unpaired) electrons. The molecule has 1 atom stereocenters. The number of rotatable bonds is 7. The number of aromatic amines is 1. The number of carbonyl (C=O) groups excluding carboxylic acids is 2. The van der Waals surface area contributed by atoms with Crippen LogP contribution in [0.15, 0.2) is 35.1 Å². The van der Waals surface area contributed by atoms with E-state index in [1.165, 1.54) is 13.5 Å². The predicted molar refractivity (Wildman–Crippen MR) is 148 cm³/mol. The van der Waals surface area contributed by atoms with Crippen LogP contribution < -0.4 is 15.6 Å². The van der Waals surface area contributed by atoms with Gasteiger partial charge in [-0.2, -0.15) is 0 Å². The van der Waals surface area contributed by atoms with Crippen LogP contribution in [0.25, 0.3) is 10.9 Å². The summed E-state index contributed by atoms with van der Waals surface area (Å²) >= 11 is 0. The molecule has 2 aliphatic rings. The lowest BCUT2D eigenvalue weighted by molar-refractivity contribution is -0.139. The van der Waals surface area contributed by atoms with E-state index in [0.717, 1.165) is 55.4 Å². The van der Waals surface area contributed by atoms with Crippen molar-refractivity contribution in [1.82, 2.24) is 19.8 Å². The van der Waals surface area contributed by atoms with Crippen LogP contribution in [0.4, 0.5) is 0 Å². The fraction of sp³-hybridized carbons (Fsp3) is 0.500. The third-order valence-corrected chi connectivity index (χ3v) is 8.65. The van der Waals surface area contributed by atoms with Crippen molar-refractivity contribution in [3.05, 3.63) is 63.2 Å². The molecule has 0 bridgehead atoms. The molecular weight excluding hydrogens is 480 g/mol. The molecule has 38 heavy (non-hydrogen) atoms. The molecule has 1 aliphatic carbocycles. The van der Waals surface area contributed by atoms with Crippen molar-refractivity contribution in [2.75, 3.05) is 20.2 Å². The highest BCUT2D eigenvalue weighted by atomic mass is 16.5. The molecule has 2 N–H and O–H groups in total. The van der Waals surface area contributed by atoms with Gasteiger partial charge in [-0.25, -0.2) is 0 Å². The zero-order valence-corrected chi connectivity index (χ0v) is 22.8. The molecule has 2 fully saturated rings. The van der Waals surface area contributed by atoms with E-state index in [-0.39, 0.29) is 30.0 Å². The van der Waals surface area contributed by atoms with Crippen LogP contribution >= 0.6 is 0 Å². The summed E-state index contributed by atoms with van der Waals surface area (Å²) in [6.45, 7) is 7.71. The number of H-pyrrole nitrogens is 1. The number of fused-ring (bicyclic) bond motifs is 1. The smallest absolute Gasteiger partial charge is 0.256 e. The molecule has 202 valence electrons. The van der Waals surface area contributed by atoms with Crippen LogP contribution in [-0.4, -0.2) is 46.5 Å². The van der Waals surface area contributed by atoms with Crippen molar-refractivity contribution in [2.24, 2.45) is 11.8 Å². The topological polar surface area (TPSA) is 96.4 Å². The SMILES string of the molecule is COc1cc(C)[nH]c(=O)c1CNC(=O)c1c(C)n([C@H](C)C2CCN(C(=O)C3CCC3)CC2)c2ccccc12. The number of hydrogen-bond acceptors (Lipinski definition) is 4. The number of hydrogen-bond donors (Lipinski definition) is 2. The first-order valence-corrected chi connectivity index (χ1v) is 13.7. The van der Waals surface area contributed by atoms with Crippen molar-refractivity contribution in [3.8, 4) is 5.75 Å². The number of likely N-dealkylation sites (tertiary alicyclic amines) is 1. The van der Waals surface area contributed by atoms with Crippen LogP contribution in [0, 0.1) is 25.7 Å². The minimum Gasteiger partial charge on any atom is -0.496 e. The number of nitrogens with one attached hydrogen (secondary N) is 2. The van der Waals surface area contributed by atoms with Gasteiger partial charge in [-0.05, 0) is 64.5 Å². The monoisotopic (exact) mass is 518 g/mol. The maximum Gasteiger partial charge on any atom is 0.256 e. The molecule has 5 rings (SSSR count). The Bertz CT molecular complexity index is 1410. The van der Waals surface area contributed by atoms with Crippen LogP contribution in [0.3, 0.4) is 0 Å². The van der Waals surface area contributed by atoms with Crippen molar-refractivity contribution in [2.45, 2.75) is 65.5 Å². The Kier molecular flexibility index (Phi) is 7.32. The molecule has 3 aromatic rings. The van der Waals surface area contributed by atoms with Crippen molar-refractivity contribution >= 4 is 22.7 Å². The molecule has 1 saturated carbocycles. The summed E-state index contributed by atoms with van der Waals surface area (Å²) in [5.41, 5.74) is 3.40. The molecular formula is C30H38N4O4. The van der Waals surface area contributed by atoms with Gasteiger partial charge in [-0.3, -0.25) is 14.4 Å². The largest absolute Gasteiger partial charge is 0.496 e. The molecule has 2 amide bonds. The van der Waals surface area contributed by atoms with Gasteiger partial charge in [0.25, 0.3) is 11.5 Å². The van der Waals surface area contributed by atoms with Crippen molar-refractivity contribution in [3.63, 3.8) is 0 Å². The number of pyridine rings is 1. The average molecular weight is 519 g/mol. The standard InChI is InChI=1S/C30H38N4O4/c1-18-16-26(38-4)24(28(35)32-18)17-31-29(36)27-20(3)34(25-11-6-5-10-23(25)27)19(2)21-12-14-33(15-13-21)30(37)22-8-7-9-22/h5-6,10-11,16,19,21-22H,7-9,12-15,17H2,1-4H3,(H,31,36)(H,32,35)/t19-/m1/s1. The van der Waals surface area contributed by atoms with Crippen molar-refractivity contribution < 1.29 is 14.3 Å². The number of aryl methyl sites for hydroxylation is 1. The van der Waals surface area contributed by atoms with Gasteiger partial charge >= 0.3 is 0 Å². The van der Waals surface area contributed by atoms with Crippen LogP contribution in [0.2, 0.25) is 0 Å². The zero-order chi connectivity index (χ0) is 27.0. The molecule has 1 aliphatic heterocycles. The second kappa shape index (κ2) is 10.7. The third-order valence-electron chi connectivity index (χ3n) is 8.65. The molecule has 3 heterocycles. The molecule has 8 heteroatoms. The lowest BCUT2D eigenvalue weighted by atomic mass is 9.83. The number of amides is 2. The van der Waals surface area contributed by atoms with E-state index in [9.17, 15) is 14.4 Å². The average Bonchev–Trinajstić information content (AvgIpc) is 3.17. The predicted octanol–water partition coefficient (Wildman–Crippen LogP) is 4.48. The van der Waals surface area contributed by atoms with Gasteiger partial charge in [0.1, 0.15) is 5.75 Å². The summed E-state index contributed by atoms with van der Waals surface area (Å²) in [5, 5.41) is 3.86. The maximum absolute atomic E-state index is 13.5. The number of aromatic nitrogens is 2. The Morgan fingerprint density at radius 2 is 1.84 bits per heavy atom. The molecule has 0 unspecified atom stereocenters. The molecule has 1 saturated heterocycles. The van der Waals surface area contributed by atoms with E-state index in [4.69, 9.17) is 4.74 Å². The van der Waals surface area contributed by atoms with E-state index < -0.39 is 0 Å². The number of benzene rings is 1. The third kappa shape index (κ3) is 4.72. The van der Waals surface area contributed by atoms with E-state index >= 15 is 0 Å². The minimum atomic E-state index is -0.267.